The molecule has 0 saturated carbocycles. The molecule has 5 nitrogen and oxygen atoms in total. The number of rotatable bonds is 4. The zero-order chi connectivity index (χ0) is 13.1. The minimum Gasteiger partial charge on any atom is -0.480 e. The fourth-order valence-corrected chi connectivity index (χ4v) is 2.01. The minimum absolute atomic E-state index is 0.0164. The van der Waals surface area contributed by atoms with Crippen LogP contribution in [0.2, 0.25) is 0 Å². The first kappa shape index (κ1) is 14.0. The van der Waals surface area contributed by atoms with Crippen molar-refractivity contribution in [1.29, 1.82) is 0 Å². The highest BCUT2D eigenvalue weighted by Crippen LogP contribution is 2.18. The number of amides is 1. The molecule has 1 aliphatic heterocycles. The van der Waals surface area contributed by atoms with E-state index in [1.807, 2.05) is 20.8 Å². The summed E-state index contributed by atoms with van der Waals surface area (Å²) in [5.74, 6) is -0.953. The van der Waals surface area contributed by atoms with E-state index in [2.05, 4.69) is 5.32 Å². The number of nitrogens with one attached hydrogen (secondary N) is 1. The summed E-state index contributed by atoms with van der Waals surface area (Å²) >= 11 is 0. The zero-order valence-electron chi connectivity index (χ0n) is 10.8. The molecule has 1 atom stereocenters. The van der Waals surface area contributed by atoms with Crippen molar-refractivity contribution in [1.82, 2.24) is 10.2 Å². The van der Waals surface area contributed by atoms with Crippen LogP contribution in [0, 0.1) is 0 Å². The van der Waals surface area contributed by atoms with Gasteiger partial charge in [0.1, 0.15) is 6.04 Å². The predicted octanol–water partition coefficient (Wildman–Crippen LogP) is 0.840. The fourth-order valence-electron chi connectivity index (χ4n) is 2.01. The van der Waals surface area contributed by atoms with Crippen LogP contribution in [0.3, 0.4) is 0 Å². The molecule has 1 fully saturated rings. The van der Waals surface area contributed by atoms with Crippen LogP contribution in [0.5, 0.6) is 0 Å². The quantitative estimate of drug-likeness (QED) is 0.766. The van der Waals surface area contributed by atoms with Gasteiger partial charge in [0.15, 0.2) is 0 Å². The van der Waals surface area contributed by atoms with Gasteiger partial charge in [-0.15, -0.1) is 0 Å². The van der Waals surface area contributed by atoms with E-state index in [9.17, 15) is 9.59 Å². The summed E-state index contributed by atoms with van der Waals surface area (Å²) in [7, 11) is 0. The average Bonchev–Trinajstić information content (AvgIpc) is 2.63. The molecule has 0 aliphatic carbocycles. The third-order valence-corrected chi connectivity index (χ3v) is 2.85. The minimum atomic E-state index is -0.889. The number of carbonyl (C=O) groups excluding carboxylic acids is 1. The molecule has 0 bridgehead atoms. The standard InChI is InChI=1S/C12H22N2O3/c1-12(2,3)13-7-6-10(15)14-8-4-5-9(14)11(16)17/h9,13H,4-8H2,1-3H3,(H,16,17)/t9-/m1/s1. The number of carboxylic acids is 1. The van der Waals surface area contributed by atoms with Gasteiger partial charge in [-0.3, -0.25) is 4.79 Å². The highest BCUT2D eigenvalue weighted by molar-refractivity contribution is 5.84. The third-order valence-electron chi connectivity index (χ3n) is 2.85. The van der Waals surface area contributed by atoms with Crippen molar-refractivity contribution in [2.75, 3.05) is 13.1 Å². The molecule has 0 aromatic rings. The highest BCUT2D eigenvalue weighted by atomic mass is 16.4. The van der Waals surface area contributed by atoms with Gasteiger partial charge in [-0.2, -0.15) is 0 Å². The first-order valence-corrected chi connectivity index (χ1v) is 6.08. The molecule has 17 heavy (non-hydrogen) atoms. The van der Waals surface area contributed by atoms with Gasteiger partial charge < -0.3 is 15.3 Å². The van der Waals surface area contributed by atoms with E-state index in [0.717, 1.165) is 6.42 Å². The molecule has 2 N–H and O–H groups in total. The first-order valence-electron chi connectivity index (χ1n) is 6.08. The van der Waals surface area contributed by atoms with Gasteiger partial charge in [0.05, 0.1) is 0 Å². The lowest BCUT2D eigenvalue weighted by Crippen LogP contribution is -2.43. The van der Waals surface area contributed by atoms with E-state index >= 15 is 0 Å². The van der Waals surface area contributed by atoms with Crippen LogP contribution in [0.1, 0.15) is 40.0 Å². The first-order chi connectivity index (χ1) is 7.81. The van der Waals surface area contributed by atoms with E-state index < -0.39 is 12.0 Å². The molecule has 1 heterocycles. The Morgan fingerprint density at radius 1 is 1.41 bits per heavy atom. The lowest BCUT2D eigenvalue weighted by molar-refractivity contribution is -0.148. The lowest BCUT2D eigenvalue weighted by Gasteiger charge is -2.24. The Morgan fingerprint density at radius 2 is 2.06 bits per heavy atom. The predicted molar refractivity (Wildman–Crippen MR) is 64.7 cm³/mol. The maximum Gasteiger partial charge on any atom is 0.326 e. The van der Waals surface area contributed by atoms with Crippen LogP contribution in [-0.4, -0.2) is 46.6 Å². The second-order valence-corrected chi connectivity index (χ2v) is 5.51. The summed E-state index contributed by atoms with van der Waals surface area (Å²) in [4.78, 5) is 24.3. The highest BCUT2D eigenvalue weighted by Gasteiger charge is 2.33. The van der Waals surface area contributed by atoms with Crippen LogP contribution in [0.25, 0.3) is 0 Å². The van der Waals surface area contributed by atoms with Crippen molar-refractivity contribution in [2.24, 2.45) is 0 Å². The molecule has 1 rings (SSSR count). The Balaban J connectivity index is 2.40. The molecule has 1 aliphatic rings. The van der Waals surface area contributed by atoms with Crippen molar-refractivity contribution in [2.45, 2.75) is 51.6 Å². The molecule has 0 spiro atoms. The Labute approximate surface area is 102 Å². The van der Waals surface area contributed by atoms with Gasteiger partial charge in [0.25, 0.3) is 0 Å². The molecule has 0 unspecified atom stereocenters. The third kappa shape index (κ3) is 4.34. The van der Waals surface area contributed by atoms with Gasteiger partial charge in [0.2, 0.25) is 5.91 Å². The monoisotopic (exact) mass is 242 g/mol. The second-order valence-electron chi connectivity index (χ2n) is 5.51. The zero-order valence-corrected chi connectivity index (χ0v) is 10.8. The van der Waals surface area contributed by atoms with Crippen molar-refractivity contribution in [3.63, 3.8) is 0 Å². The van der Waals surface area contributed by atoms with E-state index in [0.29, 0.717) is 25.9 Å². The smallest absolute Gasteiger partial charge is 0.326 e. The number of hydrogen-bond acceptors (Lipinski definition) is 3. The molecule has 1 saturated heterocycles. The van der Waals surface area contributed by atoms with Gasteiger partial charge in [-0.05, 0) is 33.6 Å². The molecule has 0 radical (unpaired) electrons. The summed E-state index contributed by atoms with van der Waals surface area (Å²) in [6.45, 7) is 7.27. The molecule has 98 valence electrons. The number of likely N-dealkylation sites (tertiary alicyclic amines) is 1. The van der Waals surface area contributed by atoms with Gasteiger partial charge in [-0.25, -0.2) is 4.79 Å². The summed E-state index contributed by atoms with van der Waals surface area (Å²) in [5, 5.41) is 12.2. The summed E-state index contributed by atoms with van der Waals surface area (Å²) in [6, 6.07) is -0.614. The number of nitrogens with zero attached hydrogens (tertiary/aromatic N) is 1. The summed E-state index contributed by atoms with van der Waals surface area (Å²) < 4.78 is 0. The van der Waals surface area contributed by atoms with E-state index in [1.165, 1.54) is 4.90 Å². The van der Waals surface area contributed by atoms with Crippen LogP contribution in [0.4, 0.5) is 0 Å². The van der Waals surface area contributed by atoms with Crippen molar-refractivity contribution in [3.8, 4) is 0 Å². The maximum atomic E-state index is 11.9. The fraction of sp³-hybridized carbons (Fsp3) is 0.833. The Morgan fingerprint density at radius 3 is 2.59 bits per heavy atom. The number of hydrogen-bond donors (Lipinski definition) is 2. The van der Waals surface area contributed by atoms with E-state index in [1.54, 1.807) is 0 Å². The van der Waals surface area contributed by atoms with Crippen molar-refractivity contribution in [3.05, 3.63) is 0 Å². The molecular formula is C12H22N2O3. The van der Waals surface area contributed by atoms with Gasteiger partial charge in [-0.1, -0.05) is 0 Å². The Bertz CT molecular complexity index is 297. The number of aliphatic carboxylic acids is 1. The number of carboxylic acid groups (broad SMARTS) is 1. The van der Waals surface area contributed by atoms with Crippen LogP contribution >= 0.6 is 0 Å². The van der Waals surface area contributed by atoms with Crippen LogP contribution < -0.4 is 5.32 Å². The van der Waals surface area contributed by atoms with Crippen LogP contribution in [0.15, 0.2) is 0 Å². The molecular weight excluding hydrogens is 220 g/mol. The summed E-state index contributed by atoms with van der Waals surface area (Å²) in [6.07, 6.45) is 1.73. The van der Waals surface area contributed by atoms with Crippen molar-refractivity contribution < 1.29 is 14.7 Å². The topological polar surface area (TPSA) is 69.6 Å². The van der Waals surface area contributed by atoms with Gasteiger partial charge in [0, 0.05) is 25.0 Å². The normalized spacial score (nSPS) is 20.6. The van der Waals surface area contributed by atoms with Gasteiger partial charge >= 0.3 is 5.97 Å². The van der Waals surface area contributed by atoms with E-state index in [-0.39, 0.29) is 11.4 Å². The van der Waals surface area contributed by atoms with Crippen molar-refractivity contribution >= 4 is 11.9 Å². The molecule has 5 heteroatoms. The largest absolute Gasteiger partial charge is 0.480 e. The molecule has 0 aromatic heterocycles. The summed E-state index contributed by atoms with van der Waals surface area (Å²) in [5.41, 5.74) is -0.0164. The van der Waals surface area contributed by atoms with E-state index in [4.69, 9.17) is 5.11 Å². The average molecular weight is 242 g/mol. The molecule has 0 aromatic carbocycles. The Kier molecular flexibility index (Phi) is 4.51. The maximum absolute atomic E-state index is 11.9. The number of carbonyl (C=O) groups is 2. The molecule has 1 amide bonds. The Hall–Kier alpha value is -1.10. The van der Waals surface area contributed by atoms with Crippen LogP contribution in [-0.2, 0) is 9.59 Å². The lowest BCUT2D eigenvalue weighted by atomic mass is 10.1. The SMILES string of the molecule is CC(C)(C)NCCC(=O)N1CCC[C@@H]1C(=O)O. The second kappa shape index (κ2) is 5.49.